The molecular weight excluding hydrogens is 332 g/mol. The van der Waals surface area contributed by atoms with E-state index in [1.165, 1.54) is 18.2 Å². The first-order chi connectivity index (χ1) is 11.1. The van der Waals surface area contributed by atoms with Crippen LogP contribution in [0.2, 0.25) is 5.02 Å². The SMILES string of the molecule is Cn1c(=O)cc(SCC(=O)N2CCCCC2)c2ccc(Cl)cc21. The predicted molar refractivity (Wildman–Crippen MR) is 95.4 cm³/mol. The van der Waals surface area contributed by atoms with E-state index < -0.39 is 0 Å². The standard InChI is InChI=1S/C17H19ClN2O2S/c1-19-14-9-12(18)5-6-13(14)15(10-16(19)21)23-11-17(22)20-7-3-2-4-8-20/h5-6,9-10H,2-4,7-8,11H2,1H3. The van der Waals surface area contributed by atoms with Crippen LogP contribution < -0.4 is 5.56 Å². The maximum absolute atomic E-state index is 12.3. The lowest BCUT2D eigenvalue weighted by Crippen LogP contribution is -2.36. The van der Waals surface area contributed by atoms with Crippen LogP contribution in [0.4, 0.5) is 0 Å². The van der Waals surface area contributed by atoms with Crippen molar-refractivity contribution in [2.45, 2.75) is 24.2 Å². The van der Waals surface area contributed by atoms with Crippen LogP contribution in [0.3, 0.4) is 0 Å². The van der Waals surface area contributed by atoms with Gasteiger partial charge >= 0.3 is 0 Å². The minimum Gasteiger partial charge on any atom is -0.342 e. The van der Waals surface area contributed by atoms with Gasteiger partial charge in [-0.2, -0.15) is 0 Å². The average molecular weight is 351 g/mol. The molecule has 23 heavy (non-hydrogen) atoms. The van der Waals surface area contributed by atoms with E-state index in [-0.39, 0.29) is 11.5 Å². The van der Waals surface area contributed by atoms with Gasteiger partial charge in [0.25, 0.3) is 5.56 Å². The van der Waals surface area contributed by atoms with Crippen LogP contribution in [0, 0.1) is 0 Å². The lowest BCUT2D eigenvalue weighted by molar-refractivity contribution is -0.129. The second-order valence-electron chi connectivity index (χ2n) is 5.80. The first-order valence-corrected chi connectivity index (χ1v) is 9.12. The number of aryl methyl sites for hydroxylation is 1. The third-order valence-electron chi connectivity index (χ3n) is 4.23. The highest BCUT2D eigenvalue weighted by molar-refractivity contribution is 8.00. The summed E-state index contributed by atoms with van der Waals surface area (Å²) in [6.45, 7) is 1.71. The van der Waals surface area contributed by atoms with Crippen molar-refractivity contribution >= 4 is 40.2 Å². The van der Waals surface area contributed by atoms with Gasteiger partial charge in [-0.25, -0.2) is 0 Å². The van der Waals surface area contributed by atoms with Crippen LogP contribution in [0.1, 0.15) is 19.3 Å². The number of likely N-dealkylation sites (tertiary alicyclic amines) is 1. The molecule has 0 atom stereocenters. The van der Waals surface area contributed by atoms with E-state index in [1.54, 1.807) is 23.7 Å². The van der Waals surface area contributed by atoms with Gasteiger partial charge in [0.2, 0.25) is 5.91 Å². The quantitative estimate of drug-likeness (QED) is 0.798. The number of amides is 1. The molecule has 0 radical (unpaired) electrons. The van der Waals surface area contributed by atoms with Crippen molar-refractivity contribution in [1.29, 1.82) is 0 Å². The number of halogens is 1. The Kier molecular flexibility index (Phi) is 4.97. The fraction of sp³-hybridized carbons (Fsp3) is 0.412. The summed E-state index contributed by atoms with van der Waals surface area (Å²) in [5.74, 6) is 0.516. The molecule has 0 unspecified atom stereocenters. The number of carbonyl (C=O) groups excluding carboxylic acids is 1. The Morgan fingerprint density at radius 2 is 1.96 bits per heavy atom. The second kappa shape index (κ2) is 6.97. The molecule has 4 nitrogen and oxygen atoms in total. The lowest BCUT2D eigenvalue weighted by atomic mass is 10.1. The van der Waals surface area contributed by atoms with Gasteiger partial charge in [-0.3, -0.25) is 9.59 Å². The van der Waals surface area contributed by atoms with Gasteiger partial charge in [0.05, 0.1) is 11.3 Å². The average Bonchev–Trinajstić information content (AvgIpc) is 2.57. The normalized spacial score (nSPS) is 15.1. The minimum absolute atomic E-state index is 0.0901. The Bertz CT molecular complexity index is 797. The molecule has 122 valence electrons. The third kappa shape index (κ3) is 3.56. The smallest absolute Gasteiger partial charge is 0.251 e. The fourth-order valence-electron chi connectivity index (χ4n) is 2.89. The number of nitrogens with zero attached hydrogens (tertiary/aromatic N) is 2. The van der Waals surface area contributed by atoms with Crippen molar-refractivity contribution in [3.63, 3.8) is 0 Å². The summed E-state index contributed by atoms with van der Waals surface area (Å²) in [5.41, 5.74) is 0.700. The van der Waals surface area contributed by atoms with Gasteiger partial charge in [-0.1, -0.05) is 17.7 Å². The molecule has 0 aliphatic carbocycles. The van der Waals surface area contributed by atoms with Crippen molar-refractivity contribution in [3.05, 3.63) is 39.6 Å². The minimum atomic E-state index is -0.0901. The highest BCUT2D eigenvalue weighted by Crippen LogP contribution is 2.28. The monoisotopic (exact) mass is 350 g/mol. The Balaban J connectivity index is 1.84. The first kappa shape index (κ1) is 16.4. The molecule has 3 rings (SSSR count). The van der Waals surface area contributed by atoms with Crippen molar-refractivity contribution in [2.24, 2.45) is 7.05 Å². The summed E-state index contributed by atoms with van der Waals surface area (Å²) in [6, 6.07) is 7.11. The van der Waals surface area contributed by atoms with Crippen LogP contribution in [-0.2, 0) is 11.8 Å². The van der Waals surface area contributed by atoms with Crippen LogP contribution in [0.5, 0.6) is 0 Å². The zero-order valence-corrected chi connectivity index (χ0v) is 14.6. The number of carbonyl (C=O) groups is 1. The largest absolute Gasteiger partial charge is 0.342 e. The number of benzene rings is 1. The topological polar surface area (TPSA) is 42.3 Å². The molecule has 0 N–H and O–H groups in total. The molecule has 1 amide bonds. The molecule has 1 saturated heterocycles. The zero-order valence-electron chi connectivity index (χ0n) is 13.0. The van der Waals surface area contributed by atoms with E-state index in [0.29, 0.717) is 10.8 Å². The Morgan fingerprint density at radius 3 is 2.70 bits per heavy atom. The van der Waals surface area contributed by atoms with Crippen LogP contribution in [0.25, 0.3) is 10.9 Å². The number of aromatic nitrogens is 1. The predicted octanol–water partition coefficient (Wildman–Crippen LogP) is 3.30. The number of hydrogen-bond acceptors (Lipinski definition) is 3. The number of hydrogen-bond donors (Lipinski definition) is 0. The number of piperidine rings is 1. The van der Waals surface area contributed by atoms with E-state index in [1.807, 2.05) is 17.0 Å². The third-order valence-corrected chi connectivity index (χ3v) is 5.51. The first-order valence-electron chi connectivity index (χ1n) is 7.76. The highest BCUT2D eigenvalue weighted by atomic mass is 35.5. The Hall–Kier alpha value is -1.46. The summed E-state index contributed by atoms with van der Waals surface area (Å²) in [5, 5.41) is 1.55. The summed E-state index contributed by atoms with van der Waals surface area (Å²) >= 11 is 7.47. The molecule has 0 spiro atoms. The summed E-state index contributed by atoms with van der Waals surface area (Å²) in [4.78, 5) is 27.2. The molecule has 0 saturated carbocycles. The zero-order chi connectivity index (χ0) is 16.4. The molecule has 2 heterocycles. The van der Waals surface area contributed by atoms with Crippen molar-refractivity contribution in [3.8, 4) is 0 Å². The molecule has 6 heteroatoms. The summed E-state index contributed by atoms with van der Waals surface area (Å²) in [6.07, 6.45) is 3.38. The fourth-order valence-corrected chi connectivity index (χ4v) is 4.03. The molecule has 1 aliphatic heterocycles. The summed E-state index contributed by atoms with van der Waals surface area (Å²) < 4.78 is 1.58. The van der Waals surface area contributed by atoms with E-state index in [2.05, 4.69) is 0 Å². The molecule has 1 fully saturated rings. The number of pyridine rings is 1. The molecule has 1 aromatic carbocycles. The molecule has 1 aliphatic rings. The Labute approximate surface area is 144 Å². The van der Waals surface area contributed by atoms with Gasteiger partial charge in [0.1, 0.15) is 0 Å². The van der Waals surface area contributed by atoms with Crippen LogP contribution in [0.15, 0.2) is 34.0 Å². The van der Waals surface area contributed by atoms with E-state index in [0.717, 1.165) is 41.7 Å². The van der Waals surface area contributed by atoms with E-state index >= 15 is 0 Å². The van der Waals surface area contributed by atoms with Crippen molar-refractivity contribution < 1.29 is 4.79 Å². The van der Waals surface area contributed by atoms with Crippen molar-refractivity contribution in [1.82, 2.24) is 9.47 Å². The van der Waals surface area contributed by atoms with Gasteiger partial charge in [0, 0.05) is 41.5 Å². The maximum Gasteiger partial charge on any atom is 0.251 e. The van der Waals surface area contributed by atoms with Crippen molar-refractivity contribution in [2.75, 3.05) is 18.8 Å². The van der Waals surface area contributed by atoms with Gasteiger partial charge < -0.3 is 9.47 Å². The highest BCUT2D eigenvalue weighted by Gasteiger charge is 2.17. The number of thioether (sulfide) groups is 1. The molecule has 0 bridgehead atoms. The van der Waals surface area contributed by atoms with E-state index in [9.17, 15) is 9.59 Å². The molecular formula is C17H19ClN2O2S. The number of fused-ring (bicyclic) bond motifs is 1. The summed E-state index contributed by atoms with van der Waals surface area (Å²) in [7, 11) is 1.73. The molecule has 1 aromatic heterocycles. The molecule has 2 aromatic rings. The lowest BCUT2D eigenvalue weighted by Gasteiger charge is -2.26. The van der Waals surface area contributed by atoms with Crippen LogP contribution in [-0.4, -0.2) is 34.2 Å². The van der Waals surface area contributed by atoms with E-state index in [4.69, 9.17) is 11.6 Å². The Morgan fingerprint density at radius 1 is 1.22 bits per heavy atom. The van der Waals surface area contributed by atoms with Gasteiger partial charge in [-0.15, -0.1) is 11.8 Å². The number of rotatable bonds is 3. The van der Waals surface area contributed by atoms with Gasteiger partial charge in [-0.05, 0) is 31.4 Å². The second-order valence-corrected chi connectivity index (χ2v) is 7.25. The van der Waals surface area contributed by atoms with Crippen LogP contribution >= 0.6 is 23.4 Å². The maximum atomic E-state index is 12.3. The van der Waals surface area contributed by atoms with Gasteiger partial charge in [0.15, 0.2) is 0 Å².